The van der Waals surface area contributed by atoms with Gasteiger partial charge >= 0.3 is 0 Å². The minimum absolute atomic E-state index is 0.0456. The molecule has 1 aliphatic heterocycles. The first-order valence-corrected chi connectivity index (χ1v) is 5.50. The van der Waals surface area contributed by atoms with E-state index >= 15 is 0 Å². The highest BCUT2D eigenvalue weighted by Gasteiger charge is 2.24. The third-order valence-corrected chi connectivity index (χ3v) is 3.62. The summed E-state index contributed by atoms with van der Waals surface area (Å²) < 4.78 is 28.1. The molecule has 4 nitrogen and oxygen atoms in total. The van der Waals surface area contributed by atoms with E-state index in [1.807, 2.05) is 0 Å². The van der Waals surface area contributed by atoms with Crippen molar-refractivity contribution in [1.29, 1.82) is 0 Å². The van der Waals surface area contributed by atoms with Crippen LogP contribution in [0, 0.1) is 0 Å². The minimum Gasteiger partial charge on any atom is -0.491 e. The van der Waals surface area contributed by atoms with E-state index in [9.17, 15) is 8.42 Å². The van der Waals surface area contributed by atoms with Gasteiger partial charge in [0.15, 0.2) is 9.84 Å². The van der Waals surface area contributed by atoms with Crippen LogP contribution in [0.15, 0.2) is 23.1 Å². The van der Waals surface area contributed by atoms with Gasteiger partial charge in [0.1, 0.15) is 17.3 Å². The van der Waals surface area contributed by atoms with Crippen molar-refractivity contribution >= 4 is 15.5 Å². The molecule has 1 aromatic carbocycles. The maximum Gasteiger partial charge on any atom is 0.185 e. The molecule has 0 fully saturated rings. The second kappa shape index (κ2) is 2.63. The molecule has 1 aromatic rings. The van der Waals surface area contributed by atoms with Gasteiger partial charge in [0.25, 0.3) is 0 Å². The molecule has 0 spiro atoms. The van der Waals surface area contributed by atoms with Crippen LogP contribution in [0.4, 0.5) is 5.69 Å². The number of ether oxygens (including phenoxy) is 1. The molecule has 0 aromatic heterocycles. The molecule has 0 saturated heterocycles. The molecule has 0 aliphatic carbocycles. The van der Waals surface area contributed by atoms with E-state index in [4.69, 9.17) is 10.5 Å². The molecule has 2 N–H and O–H groups in total. The summed E-state index contributed by atoms with van der Waals surface area (Å²) in [7, 11) is -3.14. The summed E-state index contributed by atoms with van der Waals surface area (Å²) in [6, 6.07) is 4.58. The number of sulfone groups is 1. The number of hydrogen-bond acceptors (Lipinski definition) is 4. The second-order valence-electron chi connectivity index (χ2n) is 2.87. The smallest absolute Gasteiger partial charge is 0.185 e. The summed E-state index contributed by atoms with van der Waals surface area (Å²) in [5.74, 6) is 0.412. The van der Waals surface area contributed by atoms with Crippen LogP contribution in [0.3, 0.4) is 0 Å². The first-order valence-electron chi connectivity index (χ1n) is 3.85. The fourth-order valence-electron chi connectivity index (χ4n) is 1.27. The molecule has 2 rings (SSSR count). The molecule has 70 valence electrons. The highest BCUT2D eigenvalue weighted by molar-refractivity contribution is 7.91. The van der Waals surface area contributed by atoms with Gasteiger partial charge in [0.2, 0.25) is 0 Å². The van der Waals surface area contributed by atoms with Crippen LogP contribution in [0.5, 0.6) is 5.75 Å². The monoisotopic (exact) mass is 199 g/mol. The Labute approximate surface area is 76.2 Å². The molecule has 0 atom stereocenters. The Balaban J connectivity index is 2.66. The lowest BCUT2D eigenvalue weighted by Crippen LogP contribution is -2.21. The van der Waals surface area contributed by atoms with Crippen molar-refractivity contribution in [3.05, 3.63) is 18.2 Å². The highest BCUT2D eigenvalue weighted by Crippen LogP contribution is 2.30. The molecule has 0 radical (unpaired) electrons. The lowest BCUT2D eigenvalue weighted by atomic mass is 10.3. The van der Waals surface area contributed by atoms with Crippen LogP contribution in [0.1, 0.15) is 0 Å². The Hall–Kier alpha value is -1.23. The molecule has 5 heteroatoms. The van der Waals surface area contributed by atoms with E-state index in [1.165, 1.54) is 12.1 Å². The van der Waals surface area contributed by atoms with Gasteiger partial charge in [-0.1, -0.05) is 0 Å². The van der Waals surface area contributed by atoms with Crippen molar-refractivity contribution in [2.24, 2.45) is 0 Å². The molecule has 1 heterocycles. The molecule has 0 amide bonds. The molecule has 13 heavy (non-hydrogen) atoms. The highest BCUT2D eigenvalue weighted by atomic mass is 32.2. The summed E-state index contributed by atoms with van der Waals surface area (Å²) in [5, 5.41) is 0. The molecule has 0 bridgehead atoms. The second-order valence-corrected chi connectivity index (χ2v) is 4.95. The molecule has 0 unspecified atom stereocenters. The third kappa shape index (κ3) is 1.35. The zero-order valence-corrected chi connectivity index (χ0v) is 7.67. The SMILES string of the molecule is Nc1ccc2c(c1)OCCS2(=O)=O. The Bertz CT molecular complexity index is 439. The van der Waals surface area contributed by atoms with E-state index < -0.39 is 9.84 Å². The van der Waals surface area contributed by atoms with Gasteiger partial charge < -0.3 is 10.5 Å². The van der Waals surface area contributed by atoms with E-state index in [0.717, 1.165) is 0 Å². The third-order valence-electron chi connectivity index (χ3n) is 1.91. The number of hydrogen-bond donors (Lipinski definition) is 1. The number of nitrogen functional groups attached to an aromatic ring is 1. The van der Waals surface area contributed by atoms with Gasteiger partial charge in [-0.3, -0.25) is 0 Å². The van der Waals surface area contributed by atoms with Crippen LogP contribution in [0.25, 0.3) is 0 Å². The van der Waals surface area contributed by atoms with Crippen molar-refractivity contribution < 1.29 is 13.2 Å². The van der Waals surface area contributed by atoms with Crippen molar-refractivity contribution in [3.63, 3.8) is 0 Å². The van der Waals surface area contributed by atoms with Gasteiger partial charge in [-0.15, -0.1) is 0 Å². The van der Waals surface area contributed by atoms with Crippen LogP contribution in [-0.4, -0.2) is 20.8 Å². The van der Waals surface area contributed by atoms with Crippen molar-refractivity contribution in [3.8, 4) is 5.75 Å². The van der Waals surface area contributed by atoms with Gasteiger partial charge in [-0.2, -0.15) is 0 Å². The van der Waals surface area contributed by atoms with Gasteiger partial charge in [-0.05, 0) is 12.1 Å². The van der Waals surface area contributed by atoms with E-state index in [2.05, 4.69) is 0 Å². The zero-order valence-electron chi connectivity index (χ0n) is 6.86. The van der Waals surface area contributed by atoms with Gasteiger partial charge in [0, 0.05) is 11.8 Å². The number of nitrogens with two attached hydrogens (primary N) is 1. The number of benzene rings is 1. The average Bonchev–Trinajstić information content (AvgIpc) is 2.02. The topological polar surface area (TPSA) is 69.4 Å². The molecular formula is C8H9NO3S. The van der Waals surface area contributed by atoms with Crippen LogP contribution >= 0.6 is 0 Å². The summed E-state index contributed by atoms with van der Waals surface area (Å²) in [6.45, 7) is 0.207. The Kier molecular flexibility index (Phi) is 1.69. The molecule has 1 aliphatic rings. The standard InChI is InChI=1S/C8H9NO3S/c9-6-1-2-8-7(5-6)12-3-4-13(8,10)11/h1-2,5H,3-4,9H2. The Morgan fingerprint density at radius 1 is 1.38 bits per heavy atom. The van der Waals surface area contributed by atoms with Crippen molar-refractivity contribution in [2.75, 3.05) is 18.1 Å². The van der Waals surface area contributed by atoms with Crippen molar-refractivity contribution in [1.82, 2.24) is 0 Å². The minimum atomic E-state index is -3.14. The fourth-order valence-corrected chi connectivity index (χ4v) is 2.49. The lowest BCUT2D eigenvalue weighted by molar-refractivity contribution is 0.323. The summed E-state index contributed by atoms with van der Waals surface area (Å²) in [5.41, 5.74) is 6.01. The van der Waals surface area contributed by atoms with Crippen molar-refractivity contribution in [2.45, 2.75) is 4.90 Å². The summed E-state index contributed by atoms with van der Waals surface area (Å²) in [4.78, 5) is 0.243. The van der Waals surface area contributed by atoms with Crippen LogP contribution in [0.2, 0.25) is 0 Å². The average molecular weight is 199 g/mol. The fraction of sp³-hybridized carbons (Fsp3) is 0.250. The van der Waals surface area contributed by atoms with Gasteiger partial charge in [0.05, 0.1) is 5.75 Å². The molecular weight excluding hydrogens is 190 g/mol. The zero-order chi connectivity index (χ0) is 9.47. The van der Waals surface area contributed by atoms with Gasteiger partial charge in [-0.25, -0.2) is 8.42 Å². The number of anilines is 1. The quantitative estimate of drug-likeness (QED) is 0.615. The van der Waals surface area contributed by atoms with E-state index in [1.54, 1.807) is 6.07 Å². The van der Waals surface area contributed by atoms with Crippen LogP contribution < -0.4 is 10.5 Å². The number of fused-ring (bicyclic) bond motifs is 1. The maximum atomic E-state index is 11.5. The summed E-state index contributed by atoms with van der Waals surface area (Å²) >= 11 is 0. The maximum absolute atomic E-state index is 11.5. The predicted octanol–water partition coefficient (Wildman–Crippen LogP) is 0.435. The Morgan fingerprint density at radius 3 is 2.92 bits per heavy atom. The first-order chi connectivity index (χ1) is 6.09. The summed E-state index contributed by atoms with van der Waals surface area (Å²) in [6.07, 6.45) is 0. The van der Waals surface area contributed by atoms with E-state index in [0.29, 0.717) is 11.4 Å². The van der Waals surface area contributed by atoms with Crippen LogP contribution in [-0.2, 0) is 9.84 Å². The Morgan fingerprint density at radius 2 is 2.15 bits per heavy atom. The van der Waals surface area contributed by atoms with E-state index in [-0.39, 0.29) is 17.3 Å². The normalized spacial score (nSPS) is 18.8. The predicted molar refractivity (Wildman–Crippen MR) is 48.4 cm³/mol. The number of rotatable bonds is 0. The lowest BCUT2D eigenvalue weighted by Gasteiger charge is -2.17. The first kappa shape index (κ1) is 8.37. The largest absolute Gasteiger partial charge is 0.491 e. The molecule has 0 saturated carbocycles.